The molecule has 0 radical (unpaired) electrons. The minimum absolute atomic E-state index is 0.0612. The number of hydrogen-bond acceptors (Lipinski definition) is 6. The zero-order chi connectivity index (χ0) is 28.4. The molecule has 2 saturated carbocycles. The van der Waals surface area contributed by atoms with Gasteiger partial charge in [0.05, 0.1) is 12.2 Å². The van der Waals surface area contributed by atoms with Crippen molar-refractivity contribution in [3.63, 3.8) is 0 Å². The molecule has 3 aliphatic rings. The van der Waals surface area contributed by atoms with E-state index in [9.17, 15) is 9.59 Å². The molecular weight excluding hydrogens is 510 g/mol. The van der Waals surface area contributed by atoms with E-state index in [4.69, 9.17) is 11.3 Å². The van der Waals surface area contributed by atoms with Crippen LogP contribution in [0.1, 0.15) is 99.8 Å². The number of Topliss-reactive ketones (excluding diaryl/α,β-unsaturated/α-hetero) is 1. The average Bonchev–Trinajstić information content (AvgIpc) is 2.85. The van der Waals surface area contributed by atoms with Crippen molar-refractivity contribution in [2.24, 2.45) is 38.9 Å². The maximum atomic E-state index is 13.2. The summed E-state index contributed by atoms with van der Waals surface area (Å²) in [4.78, 5) is 34.3. The van der Waals surface area contributed by atoms with Crippen molar-refractivity contribution in [1.29, 1.82) is 0 Å². The second kappa shape index (κ2) is 11.9. The van der Waals surface area contributed by atoms with Crippen LogP contribution in [-0.2, 0) is 14.4 Å². The fourth-order valence-electron chi connectivity index (χ4n) is 8.03. The largest absolute Gasteiger partial charge is 0.299 e. The predicted molar refractivity (Wildman–Crippen MR) is 162 cm³/mol. The van der Waals surface area contributed by atoms with E-state index in [-0.39, 0.29) is 27.9 Å². The van der Waals surface area contributed by atoms with Crippen LogP contribution in [0.5, 0.6) is 0 Å². The number of rotatable bonds is 9. The summed E-state index contributed by atoms with van der Waals surface area (Å²) in [6.07, 6.45) is 21.4. The summed E-state index contributed by atoms with van der Waals surface area (Å²) in [5.74, 6) is 3.34. The lowest BCUT2D eigenvalue weighted by Gasteiger charge is -2.60. The maximum Gasteiger partial charge on any atom is 0.176 e. The number of carbonyl (C=O) groups is 2. The maximum absolute atomic E-state index is 13.2. The molecule has 2 fully saturated rings. The number of terminal acetylenes is 1. The topological polar surface area (TPSA) is 55.4 Å². The first-order valence-electron chi connectivity index (χ1n) is 14.2. The Kier molecular flexibility index (Phi) is 9.83. The average molecular weight is 560 g/mol. The molecule has 0 aromatic rings. The van der Waals surface area contributed by atoms with Gasteiger partial charge in [0.2, 0.25) is 0 Å². The monoisotopic (exact) mass is 559 g/mol. The number of ketones is 1. The van der Waals surface area contributed by atoms with Crippen LogP contribution < -0.4 is 4.89 Å². The summed E-state index contributed by atoms with van der Waals surface area (Å²) in [5.41, 5.74) is 1.02. The molecule has 0 saturated heterocycles. The summed E-state index contributed by atoms with van der Waals surface area (Å²) in [5, 5.41) is 0. The van der Waals surface area contributed by atoms with Gasteiger partial charge in [0, 0.05) is 21.8 Å². The van der Waals surface area contributed by atoms with Gasteiger partial charge in [-0.25, -0.2) is 0 Å². The van der Waals surface area contributed by atoms with Crippen molar-refractivity contribution in [3.8, 4) is 12.3 Å². The Labute approximate surface area is 239 Å². The number of hydrogen-bond donors (Lipinski definition) is 1. The van der Waals surface area contributed by atoms with Crippen LogP contribution >= 0.6 is 21.8 Å². The zero-order valence-corrected chi connectivity index (χ0v) is 26.5. The van der Waals surface area contributed by atoms with Crippen LogP contribution in [-0.4, -0.2) is 24.9 Å². The molecule has 0 aromatic carbocycles. The second-order valence-corrected chi connectivity index (χ2v) is 16.4. The minimum Gasteiger partial charge on any atom is -0.299 e. The molecule has 0 bridgehead atoms. The van der Waals surface area contributed by atoms with Gasteiger partial charge >= 0.3 is 0 Å². The minimum atomic E-state index is -0.553. The lowest BCUT2D eigenvalue weighted by atomic mass is 9.43. The molecule has 38 heavy (non-hydrogen) atoms. The first-order valence-corrected chi connectivity index (χ1v) is 16.7. The highest BCUT2D eigenvalue weighted by molar-refractivity contribution is 8.75. The summed E-state index contributed by atoms with van der Waals surface area (Å²) in [7, 11) is 3.17. The Morgan fingerprint density at radius 1 is 1.16 bits per heavy atom. The number of allylic oxidation sites excluding steroid dienone is 4. The summed E-state index contributed by atoms with van der Waals surface area (Å²) in [6.45, 7) is 16.3. The second-order valence-electron chi connectivity index (χ2n) is 14.2. The van der Waals surface area contributed by atoms with Crippen LogP contribution in [0.15, 0.2) is 23.3 Å². The van der Waals surface area contributed by atoms with E-state index in [0.717, 1.165) is 57.8 Å². The molecule has 6 heteroatoms. The first-order chi connectivity index (χ1) is 17.7. The van der Waals surface area contributed by atoms with E-state index in [2.05, 4.69) is 45.4 Å². The third-order valence-electron chi connectivity index (χ3n) is 10.3. The molecule has 3 unspecified atom stereocenters. The van der Waals surface area contributed by atoms with E-state index < -0.39 is 10.8 Å². The lowest BCUT2D eigenvalue weighted by molar-refractivity contribution is -0.131. The van der Waals surface area contributed by atoms with Gasteiger partial charge in [-0.3, -0.25) is 14.4 Å². The van der Waals surface area contributed by atoms with Crippen molar-refractivity contribution < 1.29 is 14.4 Å². The molecule has 3 aliphatic carbocycles. The molecule has 0 heterocycles. The molecule has 1 N–H and O–H groups in total. The highest BCUT2D eigenvalue weighted by Crippen LogP contribution is 2.65. The van der Waals surface area contributed by atoms with Gasteiger partial charge in [-0.2, -0.15) is 0 Å². The summed E-state index contributed by atoms with van der Waals surface area (Å²) in [6, 6.07) is 0. The van der Waals surface area contributed by atoms with Crippen molar-refractivity contribution in [2.75, 3.05) is 12.9 Å². The number of aldehydes is 1. The van der Waals surface area contributed by atoms with E-state index in [0.29, 0.717) is 11.5 Å². The van der Waals surface area contributed by atoms with Crippen molar-refractivity contribution in [3.05, 3.63) is 23.3 Å². The van der Waals surface area contributed by atoms with Crippen molar-refractivity contribution in [2.45, 2.75) is 99.8 Å². The van der Waals surface area contributed by atoms with E-state index in [1.165, 1.54) is 23.0 Å². The van der Waals surface area contributed by atoms with Gasteiger partial charge in [-0.1, -0.05) is 76.8 Å². The van der Waals surface area contributed by atoms with Crippen LogP contribution in [0.25, 0.3) is 0 Å². The van der Waals surface area contributed by atoms with Crippen molar-refractivity contribution in [1.82, 2.24) is 4.89 Å². The fraction of sp³-hybridized carbons (Fsp3) is 0.750. The molecule has 212 valence electrons. The molecule has 4 nitrogen and oxygen atoms in total. The van der Waals surface area contributed by atoms with Crippen LogP contribution in [0.4, 0.5) is 0 Å². The van der Waals surface area contributed by atoms with Crippen LogP contribution in [0, 0.1) is 51.3 Å². The highest BCUT2D eigenvalue weighted by atomic mass is 33.1. The molecule has 0 aliphatic heterocycles. The fourth-order valence-corrected chi connectivity index (χ4v) is 8.55. The normalized spacial score (nSPS) is 36.3. The van der Waals surface area contributed by atoms with E-state index in [1.807, 2.05) is 32.3 Å². The zero-order valence-electron chi connectivity index (χ0n) is 24.9. The Balaban J connectivity index is 1.90. The molecule has 0 amide bonds. The Hall–Kier alpha value is -1.00. The number of fused-ring (bicyclic) bond motifs is 1. The molecule has 0 aromatic heterocycles. The Morgan fingerprint density at radius 3 is 2.37 bits per heavy atom. The third kappa shape index (κ3) is 6.17. The molecule has 3 rings (SSSR count). The third-order valence-corrected chi connectivity index (χ3v) is 11.4. The van der Waals surface area contributed by atoms with Gasteiger partial charge in [0.1, 0.15) is 6.29 Å². The number of carbonyl (C=O) groups excluding carboxylic acids is 2. The Morgan fingerprint density at radius 2 is 1.82 bits per heavy atom. The first kappa shape index (κ1) is 31.5. The molecule has 3 atom stereocenters. The van der Waals surface area contributed by atoms with Gasteiger partial charge in [0.15, 0.2) is 5.78 Å². The quantitative estimate of drug-likeness (QED) is 0.0585. The smallest absolute Gasteiger partial charge is 0.176 e. The van der Waals surface area contributed by atoms with Gasteiger partial charge in [0.25, 0.3) is 0 Å². The predicted octanol–water partition coefficient (Wildman–Crippen LogP) is 8.15. The van der Waals surface area contributed by atoms with E-state index >= 15 is 0 Å². The van der Waals surface area contributed by atoms with E-state index in [1.54, 1.807) is 10.8 Å². The lowest BCUT2D eigenvalue weighted by Crippen LogP contribution is -2.54. The summed E-state index contributed by atoms with van der Waals surface area (Å²) < 4.78 is 0. The van der Waals surface area contributed by atoms with Crippen molar-refractivity contribution >= 4 is 33.8 Å². The number of nitrogens with one attached hydrogen (secondary N) is 1. The molecular formula is C32H49NO3S2. The van der Waals surface area contributed by atoms with Gasteiger partial charge < -0.3 is 0 Å². The van der Waals surface area contributed by atoms with Crippen LogP contribution in [0.2, 0.25) is 0 Å². The van der Waals surface area contributed by atoms with Gasteiger partial charge in [-0.05, 0) is 91.8 Å². The summed E-state index contributed by atoms with van der Waals surface area (Å²) >= 11 is 0. The highest BCUT2D eigenvalue weighted by Gasteiger charge is 2.59. The van der Waals surface area contributed by atoms with Crippen LogP contribution in [0.3, 0.4) is 0 Å². The van der Waals surface area contributed by atoms with Gasteiger partial charge in [-0.15, -0.1) is 11.3 Å². The molecule has 0 spiro atoms. The SMILES string of the molecule is C#CC1=CC2(C)/C(=C/C=O)C(C)(C3CCC(CCC(C)(C)C)(CONSSC)CC3)CCC2C(C)(C)C1=O. The Bertz CT molecular complexity index is 993. The standard InChI is InChI=1S/C32H49NO3S2/c1-10-23-21-31(8)25(29(5,6)27(23)35)13-15-30(7,26(31)14-20-34)24-11-16-32(17-12-24,19-18-28(2,3)4)22-36-33-38-37-9/h1,14,20-21,24-25,33H,11-13,15-19,22H2,2-9H3/b26-14+.